The summed E-state index contributed by atoms with van der Waals surface area (Å²) in [7, 11) is 0. The summed E-state index contributed by atoms with van der Waals surface area (Å²) in [4.78, 5) is 7.53. The van der Waals surface area contributed by atoms with Crippen LogP contribution in [-0.2, 0) is 9.47 Å². The fourth-order valence-corrected chi connectivity index (χ4v) is 3.79. The highest BCUT2D eigenvalue weighted by atomic mass is 127. The van der Waals surface area contributed by atoms with Crippen LogP contribution in [0.25, 0.3) is 0 Å². The van der Waals surface area contributed by atoms with Gasteiger partial charge in [0, 0.05) is 44.2 Å². The van der Waals surface area contributed by atoms with E-state index >= 15 is 0 Å². The molecule has 0 aliphatic carbocycles. The van der Waals surface area contributed by atoms with E-state index in [-0.39, 0.29) is 24.0 Å². The van der Waals surface area contributed by atoms with Gasteiger partial charge in [-0.3, -0.25) is 9.89 Å². The van der Waals surface area contributed by atoms with Crippen molar-refractivity contribution in [3.8, 4) is 0 Å². The largest absolute Gasteiger partial charge is 0.381 e. The van der Waals surface area contributed by atoms with Crippen LogP contribution in [0.15, 0.2) is 4.99 Å². The van der Waals surface area contributed by atoms with E-state index in [9.17, 15) is 0 Å². The van der Waals surface area contributed by atoms with E-state index in [1.54, 1.807) is 0 Å². The SMILES string of the molecule is CCNC(=NCC(C1CCOC1)N1CCOCC1)NC(C)CCC(C)(C)C.I. The number of hydrogen-bond donors (Lipinski definition) is 2. The van der Waals surface area contributed by atoms with Gasteiger partial charge in [0.25, 0.3) is 0 Å². The van der Waals surface area contributed by atoms with Crippen LogP contribution in [0.4, 0.5) is 0 Å². The molecule has 0 bridgehead atoms. The summed E-state index contributed by atoms with van der Waals surface area (Å²) in [6, 6.07) is 0.857. The third kappa shape index (κ3) is 9.59. The third-order valence-corrected chi connectivity index (χ3v) is 5.51. The van der Waals surface area contributed by atoms with Crippen LogP contribution in [0.2, 0.25) is 0 Å². The molecule has 0 saturated carbocycles. The normalized spacial score (nSPS) is 23.8. The Morgan fingerprint density at radius 1 is 1.18 bits per heavy atom. The van der Waals surface area contributed by atoms with Crippen molar-refractivity contribution in [2.24, 2.45) is 16.3 Å². The maximum atomic E-state index is 5.67. The van der Waals surface area contributed by atoms with Crippen molar-refractivity contribution < 1.29 is 9.47 Å². The summed E-state index contributed by atoms with van der Waals surface area (Å²) in [6.07, 6.45) is 3.50. The average molecular weight is 511 g/mol. The Bertz CT molecular complexity index is 444. The highest BCUT2D eigenvalue weighted by molar-refractivity contribution is 14.0. The first-order valence-corrected chi connectivity index (χ1v) is 10.8. The zero-order valence-corrected chi connectivity index (χ0v) is 21.0. The summed E-state index contributed by atoms with van der Waals surface area (Å²) in [5.41, 5.74) is 0.370. The second-order valence-corrected chi connectivity index (χ2v) is 9.20. The number of hydrogen-bond acceptors (Lipinski definition) is 4. The molecule has 0 radical (unpaired) electrons. The minimum absolute atomic E-state index is 0. The molecule has 2 aliphatic rings. The molecule has 3 unspecified atom stereocenters. The number of morpholine rings is 1. The van der Waals surface area contributed by atoms with E-state index in [0.717, 1.165) is 71.4 Å². The van der Waals surface area contributed by atoms with Gasteiger partial charge in [0.05, 0.1) is 26.4 Å². The zero-order valence-electron chi connectivity index (χ0n) is 18.6. The number of guanidine groups is 1. The van der Waals surface area contributed by atoms with E-state index in [1.807, 2.05) is 0 Å². The summed E-state index contributed by atoms with van der Waals surface area (Å²) in [5.74, 6) is 1.52. The maximum Gasteiger partial charge on any atom is 0.191 e. The smallest absolute Gasteiger partial charge is 0.191 e. The van der Waals surface area contributed by atoms with Gasteiger partial charge in [0.1, 0.15) is 0 Å². The third-order valence-electron chi connectivity index (χ3n) is 5.51. The Morgan fingerprint density at radius 2 is 1.89 bits per heavy atom. The van der Waals surface area contributed by atoms with Gasteiger partial charge in [-0.25, -0.2) is 0 Å². The molecule has 2 heterocycles. The predicted molar refractivity (Wildman–Crippen MR) is 128 cm³/mol. The lowest BCUT2D eigenvalue weighted by Gasteiger charge is -2.36. The molecule has 166 valence electrons. The van der Waals surface area contributed by atoms with E-state index in [4.69, 9.17) is 14.5 Å². The molecule has 6 nitrogen and oxygen atoms in total. The minimum Gasteiger partial charge on any atom is -0.381 e. The van der Waals surface area contributed by atoms with Gasteiger partial charge in [0.15, 0.2) is 5.96 Å². The number of nitrogens with one attached hydrogen (secondary N) is 2. The Kier molecular flexibility index (Phi) is 12.3. The van der Waals surface area contributed by atoms with Gasteiger partial charge < -0.3 is 20.1 Å². The minimum atomic E-state index is 0. The van der Waals surface area contributed by atoms with Crippen molar-refractivity contribution in [1.29, 1.82) is 0 Å². The van der Waals surface area contributed by atoms with E-state index in [0.29, 0.717) is 23.4 Å². The van der Waals surface area contributed by atoms with Gasteiger partial charge in [-0.2, -0.15) is 0 Å². The van der Waals surface area contributed by atoms with Gasteiger partial charge in [-0.05, 0) is 38.5 Å². The van der Waals surface area contributed by atoms with Crippen LogP contribution in [0.5, 0.6) is 0 Å². The van der Waals surface area contributed by atoms with Gasteiger partial charge in [-0.15, -0.1) is 24.0 Å². The van der Waals surface area contributed by atoms with Crippen molar-refractivity contribution in [1.82, 2.24) is 15.5 Å². The Morgan fingerprint density at radius 3 is 2.46 bits per heavy atom. The lowest BCUT2D eigenvalue weighted by molar-refractivity contribution is 0.00368. The Balaban J connectivity index is 0.00000392. The summed E-state index contributed by atoms with van der Waals surface area (Å²) >= 11 is 0. The molecule has 0 aromatic heterocycles. The first kappa shape index (κ1) is 25.9. The van der Waals surface area contributed by atoms with Crippen molar-refractivity contribution in [2.45, 2.75) is 66.0 Å². The van der Waals surface area contributed by atoms with Crippen LogP contribution >= 0.6 is 24.0 Å². The number of aliphatic imine (C=N–C) groups is 1. The Labute approximate surface area is 189 Å². The molecule has 7 heteroatoms. The number of rotatable bonds is 8. The molecular weight excluding hydrogens is 467 g/mol. The number of nitrogens with zero attached hydrogens (tertiary/aromatic N) is 2. The zero-order chi connectivity index (χ0) is 19.7. The van der Waals surface area contributed by atoms with Crippen LogP contribution in [-0.4, -0.2) is 75.5 Å². The summed E-state index contributed by atoms with van der Waals surface area (Å²) < 4.78 is 11.2. The van der Waals surface area contributed by atoms with Crippen LogP contribution < -0.4 is 10.6 Å². The quantitative estimate of drug-likeness (QED) is 0.299. The van der Waals surface area contributed by atoms with E-state index < -0.39 is 0 Å². The molecule has 0 aromatic carbocycles. The van der Waals surface area contributed by atoms with Gasteiger partial charge in [-0.1, -0.05) is 20.8 Å². The molecule has 2 fully saturated rings. The molecule has 3 atom stereocenters. The van der Waals surface area contributed by atoms with E-state index in [2.05, 4.69) is 50.2 Å². The molecule has 0 aromatic rings. The van der Waals surface area contributed by atoms with Crippen LogP contribution in [0.1, 0.15) is 53.9 Å². The topological polar surface area (TPSA) is 58.1 Å². The molecular formula is C21H43IN4O2. The Hall–Kier alpha value is -0.120. The summed E-state index contributed by atoms with van der Waals surface area (Å²) in [6.45, 7) is 18.4. The van der Waals surface area contributed by atoms with Gasteiger partial charge in [0.2, 0.25) is 0 Å². The molecule has 0 spiro atoms. The maximum absolute atomic E-state index is 5.67. The van der Waals surface area contributed by atoms with Crippen LogP contribution in [0.3, 0.4) is 0 Å². The highest BCUT2D eigenvalue weighted by Gasteiger charge is 2.31. The predicted octanol–water partition coefficient (Wildman–Crippen LogP) is 3.11. The monoisotopic (exact) mass is 510 g/mol. The molecule has 28 heavy (non-hydrogen) atoms. The molecule has 2 N–H and O–H groups in total. The lowest BCUT2D eigenvalue weighted by Crippen LogP contribution is -2.50. The van der Waals surface area contributed by atoms with Crippen molar-refractivity contribution >= 4 is 29.9 Å². The van der Waals surface area contributed by atoms with Crippen molar-refractivity contribution in [2.75, 3.05) is 52.6 Å². The lowest BCUT2D eigenvalue weighted by atomic mass is 9.89. The fourth-order valence-electron chi connectivity index (χ4n) is 3.79. The first-order chi connectivity index (χ1) is 12.9. The van der Waals surface area contributed by atoms with Crippen molar-refractivity contribution in [3.05, 3.63) is 0 Å². The second kappa shape index (κ2) is 13.2. The molecule has 2 aliphatic heterocycles. The van der Waals surface area contributed by atoms with Crippen LogP contribution in [0, 0.1) is 11.3 Å². The molecule has 2 rings (SSSR count). The van der Waals surface area contributed by atoms with Gasteiger partial charge >= 0.3 is 0 Å². The summed E-state index contributed by atoms with van der Waals surface area (Å²) in [5, 5.41) is 7.03. The van der Waals surface area contributed by atoms with E-state index in [1.165, 1.54) is 6.42 Å². The average Bonchev–Trinajstić information content (AvgIpc) is 3.15. The first-order valence-electron chi connectivity index (χ1n) is 10.8. The number of ether oxygens (including phenoxy) is 2. The molecule has 2 saturated heterocycles. The van der Waals surface area contributed by atoms with Crippen molar-refractivity contribution in [3.63, 3.8) is 0 Å². The molecule has 0 amide bonds. The standard InChI is InChI=1S/C21H42N4O2.HI/c1-6-22-20(24-17(2)7-9-21(3,4)5)23-15-19(18-8-12-27-16-18)25-10-13-26-14-11-25;/h17-19H,6-16H2,1-5H3,(H2,22,23,24);1H. The number of halogens is 1. The second-order valence-electron chi connectivity index (χ2n) is 9.20. The highest BCUT2D eigenvalue weighted by Crippen LogP contribution is 2.23. The fraction of sp³-hybridized carbons (Fsp3) is 0.952.